The fourth-order valence-corrected chi connectivity index (χ4v) is 3.94. The van der Waals surface area contributed by atoms with Gasteiger partial charge in [0.1, 0.15) is 17.5 Å². The summed E-state index contributed by atoms with van der Waals surface area (Å²) >= 11 is 0. The largest absolute Gasteiger partial charge is 0.394 e. The van der Waals surface area contributed by atoms with Gasteiger partial charge >= 0.3 is 0 Å². The summed E-state index contributed by atoms with van der Waals surface area (Å²) in [6.07, 6.45) is 3.22. The van der Waals surface area contributed by atoms with E-state index in [1.807, 2.05) is 0 Å². The van der Waals surface area contributed by atoms with Crippen molar-refractivity contribution in [2.24, 2.45) is 5.92 Å². The van der Waals surface area contributed by atoms with Gasteiger partial charge in [0.15, 0.2) is 0 Å². The Hall–Kier alpha value is -2.84. The van der Waals surface area contributed by atoms with Crippen LogP contribution in [0.15, 0.2) is 42.5 Å². The molecule has 2 fully saturated rings. The molecule has 1 aliphatic heterocycles. The highest BCUT2D eigenvalue weighted by molar-refractivity contribution is 5.86. The molecule has 1 aromatic heterocycles. The second-order valence-electron chi connectivity index (χ2n) is 8.11. The van der Waals surface area contributed by atoms with Gasteiger partial charge in [0, 0.05) is 29.6 Å². The molecule has 0 bridgehead atoms. The third kappa shape index (κ3) is 4.81. The SMILES string of the molecule is Fc1ccc(-c2cc3cc(F)cc(F)c3[nH]2)cc1.O=C(C1CCC1)N1CCOCC1CO. The van der Waals surface area contributed by atoms with Crippen molar-refractivity contribution in [2.45, 2.75) is 25.3 Å². The number of benzene rings is 2. The summed E-state index contributed by atoms with van der Waals surface area (Å²) in [6, 6.07) is 9.39. The molecule has 2 heterocycles. The number of rotatable bonds is 3. The number of H-pyrrole nitrogens is 1. The summed E-state index contributed by atoms with van der Waals surface area (Å²) in [5.74, 6) is -1.16. The van der Waals surface area contributed by atoms with Crippen LogP contribution in [0.2, 0.25) is 0 Å². The van der Waals surface area contributed by atoms with E-state index in [1.165, 1.54) is 24.6 Å². The molecular formula is C24H25F3N2O3. The van der Waals surface area contributed by atoms with Crippen LogP contribution in [0.25, 0.3) is 22.2 Å². The average molecular weight is 446 g/mol. The lowest BCUT2D eigenvalue weighted by molar-refractivity contribution is -0.148. The predicted octanol–water partition coefficient (Wildman–Crippen LogP) is 4.26. The lowest BCUT2D eigenvalue weighted by Gasteiger charge is -2.38. The van der Waals surface area contributed by atoms with Crippen molar-refractivity contribution in [1.82, 2.24) is 9.88 Å². The zero-order chi connectivity index (χ0) is 22.7. The van der Waals surface area contributed by atoms with Gasteiger partial charge in [-0.3, -0.25) is 4.79 Å². The van der Waals surface area contributed by atoms with Crippen LogP contribution in [-0.4, -0.2) is 53.3 Å². The van der Waals surface area contributed by atoms with Gasteiger partial charge in [0.05, 0.1) is 31.4 Å². The molecule has 0 spiro atoms. The first-order valence-corrected chi connectivity index (χ1v) is 10.7. The van der Waals surface area contributed by atoms with Gasteiger partial charge in [-0.2, -0.15) is 0 Å². The molecule has 1 atom stereocenters. The molecular weight excluding hydrogens is 421 g/mol. The first-order chi connectivity index (χ1) is 15.5. The van der Waals surface area contributed by atoms with Crippen LogP contribution in [-0.2, 0) is 9.53 Å². The van der Waals surface area contributed by atoms with E-state index < -0.39 is 11.6 Å². The van der Waals surface area contributed by atoms with Crippen molar-refractivity contribution >= 4 is 16.8 Å². The molecule has 2 aromatic carbocycles. The standard InChI is InChI=1S/C14H8F3N.C10H17NO3/c15-10-3-1-8(2-4-10)13-6-9-5-11(16)7-12(17)14(9)18-13;12-6-9-7-14-5-4-11(9)10(13)8-2-1-3-8/h1-7,18H;8-9,12H,1-7H2. The Morgan fingerprint density at radius 2 is 1.84 bits per heavy atom. The number of carbonyl (C=O) groups excluding carboxylic acids is 1. The molecule has 1 saturated heterocycles. The number of aromatic amines is 1. The molecule has 1 aliphatic carbocycles. The number of carbonyl (C=O) groups is 1. The van der Waals surface area contributed by atoms with Crippen LogP contribution in [0.5, 0.6) is 0 Å². The van der Waals surface area contributed by atoms with E-state index in [1.54, 1.807) is 23.1 Å². The van der Waals surface area contributed by atoms with Gasteiger partial charge in [-0.05, 0) is 54.8 Å². The van der Waals surface area contributed by atoms with E-state index in [4.69, 9.17) is 9.84 Å². The first-order valence-electron chi connectivity index (χ1n) is 10.7. The number of nitrogens with one attached hydrogen (secondary N) is 1. The van der Waals surface area contributed by atoms with Gasteiger partial charge in [-0.25, -0.2) is 13.2 Å². The molecule has 1 saturated carbocycles. The number of morpholine rings is 1. The predicted molar refractivity (Wildman–Crippen MR) is 114 cm³/mol. The number of amides is 1. The van der Waals surface area contributed by atoms with Crippen molar-refractivity contribution in [3.05, 3.63) is 59.9 Å². The molecule has 1 amide bonds. The van der Waals surface area contributed by atoms with Crippen LogP contribution in [0.4, 0.5) is 13.2 Å². The van der Waals surface area contributed by atoms with Crippen molar-refractivity contribution in [1.29, 1.82) is 0 Å². The third-order valence-electron chi connectivity index (χ3n) is 5.98. The Bertz CT molecular complexity index is 1080. The lowest BCUT2D eigenvalue weighted by Crippen LogP contribution is -2.53. The molecule has 0 radical (unpaired) electrons. The van der Waals surface area contributed by atoms with E-state index in [9.17, 15) is 18.0 Å². The summed E-state index contributed by atoms with van der Waals surface area (Å²) in [7, 11) is 0. The Labute approximate surface area is 183 Å². The molecule has 8 heteroatoms. The minimum absolute atomic E-state index is 0.0124. The number of fused-ring (bicyclic) bond motifs is 1. The van der Waals surface area contributed by atoms with Crippen LogP contribution >= 0.6 is 0 Å². The Balaban J connectivity index is 0.000000158. The van der Waals surface area contributed by atoms with Crippen molar-refractivity contribution < 1.29 is 27.8 Å². The summed E-state index contributed by atoms with van der Waals surface area (Å²) in [5.41, 5.74) is 1.58. The molecule has 2 aliphatic rings. The highest BCUT2D eigenvalue weighted by Crippen LogP contribution is 2.29. The molecule has 170 valence electrons. The Morgan fingerprint density at radius 3 is 2.50 bits per heavy atom. The monoisotopic (exact) mass is 446 g/mol. The molecule has 1 unspecified atom stereocenters. The average Bonchev–Trinajstić information content (AvgIpc) is 3.18. The van der Waals surface area contributed by atoms with Gasteiger partial charge in [0.2, 0.25) is 5.91 Å². The maximum absolute atomic E-state index is 13.5. The highest BCUT2D eigenvalue weighted by Gasteiger charge is 2.34. The number of nitrogens with zero attached hydrogens (tertiary/aromatic N) is 1. The van der Waals surface area contributed by atoms with Crippen LogP contribution < -0.4 is 0 Å². The molecule has 32 heavy (non-hydrogen) atoms. The smallest absolute Gasteiger partial charge is 0.226 e. The minimum atomic E-state index is -0.640. The number of hydrogen-bond donors (Lipinski definition) is 2. The number of aliphatic hydroxyl groups excluding tert-OH is 1. The van der Waals surface area contributed by atoms with E-state index >= 15 is 0 Å². The van der Waals surface area contributed by atoms with E-state index in [2.05, 4.69) is 4.98 Å². The maximum atomic E-state index is 13.5. The number of ether oxygens (including phenoxy) is 1. The van der Waals surface area contributed by atoms with E-state index in [0.29, 0.717) is 36.4 Å². The molecule has 3 aromatic rings. The zero-order valence-corrected chi connectivity index (χ0v) is 17.5. The van der Waals surface area contributed by atoms with Gasteiger partial charge in [-0.1, -0.05) is 6.42 Å². The van der Waals surface area contributed by atoms with Gasteiger partial charge < -0.3 is 19.7 Å². The normalized spacial score (nSPS) is 18.8. The summed E-state index contributed by atoms with van der Waals surface area (Å²) < 4.78 is 44.6. The van der Waals surface area contributed by atoms with Crippen molar-refractivity contribution in [2.75, 3.05) is 26.4 Å². The second-order valence-corrected chi connectivity index (χ2v) is 8.11. The van der Waals surface area contributed by atoms with Crippen LogP contribution in [0.1, 0.15) is 19.3 Å². The molecule has 2 N–H and O–H groups in total. The van der Waals surface area contributed by atoms with Crippen molar-refractivity contribution in [3.63, 3.8) is 0 Å². The fourth-order valence-electron chi connectivity index (χ4n) is 3.94. The van der Waals surface area contributed by atoms with Crippen LogP contribution in [0.3, 0.4) is 0 Å². The Kier molecular flexibility index (Phi) is 6.81. The zero-order valence-electron chi connectivity index (χ0n) is 17.5. The number of aromatic nitrogens is 1. The number of aliphatic hydroxyl groups is 1. The molecule has 5 rings (SSSR count). The lowest BCUT2D eigenvalue weighted by atomic mass is 9.84. The maximum Gasteiger partial charge on any atom is 0.226 e. The summed E-state index contributed by atoms with van der Waals surface area (Å²) in [6.45, 7) is 1.74. The van der Waals surface area contributed by atoms with E-state index in [0.717, 1.165) is 18.9 Å². The number of halogens is 3. The van der Waals surface area contributed by atoms with Gasteiger partial charge in [0.25, 0.3) is 0 Å². The summed E-state index contributed by atoms with van der Waals surface area (Å²) in [4.78, 5) is 16.6. The highest BCUT2D eigenvalue weighted by atomic mass is 19.1. The minimum Gasteiger partial charge on any atom is -0.394 e. The summed E-state index contributed by atoms with van der Waals surface area (Å²) in [5, 5.41) is 9.56. The second kappa shape index (κ2) is 9.75. The Morgan fingerprint density at radius 1 is 1.09 bits per heavy atom. The third-order valence-corrected chi connectivity index (χ3v) is 5.98. The first kappa shape index (κ1) is 22.4. The molecule has 5 nitrogen and oxygen atoms in total. The van der Waals surface area contributed by atoms with E-state index in [-0.39, 0.29) is 35.8 Å². The van der Waals surface area contributed by atoms with Gasteiger partial charge in [-0.15, -0.1) is 0 Å². The fraction of sp³-hybridized carbons (Fsp3) is 0.375. The van der Waals surface area contributed by atoms with Crippen LogP contribution in [0, 0.1) is 23.4 Å². The topological polar surface area (TPSA) is 65.6 Å². The quantitative estimate of drug-likeness (QED) is 0.632. The van der Waals surface area contributed by atoms with Crippen molar-refractivity contribution in [3.8, 4) is 11.3 Å². The number of hydrogen-bond acceptors (Lipinski definition) is 3.